The molecule has 0 aliphatic carbocycles. The van der Waals surface area contributed by atoms with E-state index in [1.165, 1.54) is 4.90 Å². The standard InChI is InChI=1S/C9H15N3O3/c10-5-2-4-15-7(5)9(14)12-3-1-6(12)8(11)13/h5-7H,1-4,10H2,(H2,11,13). The van der Waals surface area contributed by atoms with Crippen molar-refractivity contribution < 1.29 is 14.3 Å². The number of ether oxygens (including phenoxy) is 1. The van der Waals surface area contributed by atoms with Gasteiger partial charge in [0.25, 0.3) is 5.91 Å². The lowest BCUT2D eigenvalue weighted by atomic mass is 10.00. The van der Waals surface area contributed by atoms with Crippen molar-refractivity contribution in [1.82, 2.24) is 4.90 Å². The van der Waals surface area contributed by atoms with Crippen LogP contribution >= 0.6 is 0 Å². The quantitative estimate of drug-likeness (QED) is 0.564. The molecular formula is C9H15N3O3. The summed E-state index contributed by atoms with van der Waals surface area (Å²) in [6.45, 7) is 1.08. The number of carbonyl (C=O) groups is 2. The van der Waals surface area contributed by atoms with Crippen molar-refractivity contribution in [2.75, 3.05) is 13.2 Å². The summed E-state index contributed by atoms with van der Waals surface area (Å²) in [5.74, 6) is -0.656. The third kappa shape index (κ3) is 1.70. The lowest BCUT2D eigenvalue weighted by Crippen LogP contribution is -2.61. The van der Waals surface area contributed by atoms with Crippen molar-refractivity contribution in [2.24, 2.45) is 11.5 Å². The van der Waals surface area contributed by atoms with Crippen molar-refractivity contribution >= 4 is 11.8 Å². The first-order valence-corrected chi connectivity index (χ1v) is 5.08. The fraction of sp³-hybridized carbons (Fsp3) is 0.778. The number of nitrogens with zero attached hydrogens (tertiary/aromatic N) is 1. The minimum absolute atomic E-state index is 0.199. The largest absolute Gasteiger partial charge is 0.368 e. The van der Waals surface area contributed by atoms with Gasteiger partial charge in [-0.3, -0.25) is 9.59 Å². The minimum atomic E-state index is -0.591. The number of hydrogen-bond donors (Lipinski definition) is 2. The molecule has 2 saturated heterocycles. The monoisotopic (exact) mass is 213 g/mol. The molecule has 2 aliphatic rings. The topological polar surface area (TPSA) is 98.7 Å². The molecule has 0 radical (unpaired) electrons. The zero-order valence-electron chi connectivity index (χ0n) is 8.39. The van der Waals surface area contributed by atoms with E-state index in [1.54, 1.807) is 0 Å². The number of rotatable bonds is 2. The SMILES string of the molecule is NC(=O)C1CCN1C(=O)C1OCCC1N. The van der Waals surface area contributed by atoms with Gasteiger partial charge in [-0.15, -0.1) is 0 Å². The summed E-state index contributed by atoms with van der Waals surface area (Å²) in [6, 6.07) is -0.722. The van der Waals surface area contributed by atoms with Crippen LogP contribution in [0.2, 0.25) is 0 Å². The Morgan fingerprint density at radius 2 is 2.07 bits per heavy atom. The molecule has 2 heterocycles. The highest BCUT2D eigenvalue weighted by Gasteiger charge is 2.42. The van der Waals surface area contributed by atoms with Crippen LogP contribution in [-0.4, -0.2) is 48.1 Å². The van der Waals surface area contributed by atoms with Gasteiger partial charge < -0.3 is 21.1 Å². The van der Waals surface area contributed by atoms with Gasteiger partial charge in [-0.05, 0) is 12.8 Å². The van der Waals surface area contributed by atoms with E-state index in [0.29, 0.717) is 26.0 Å². The molecule has 3 atom stereocenters. The van der Waals surface area contributed by atoms with Crippen molar-refractivity contribution in [1.29, 1.82) is 0 Å². The van der Waals surface area contributed by atoms with Crippen molar-refractivity contribution in [3.63, 3.8) is 0 Å². The van der Waals surface area contributed by atoms with Gasteiger partial charge in [-0.2, -0.15) is 0 Å². The summed E-state index contributed by atoms with van der Waals surface area (Å²) >= 11 is 0. The molecule has 4 N–H and O–H groups in total. The first kappa shape index (κ1) is 10.4. The van der Waals surface area contributed by atoms with Gasteiger partial charge in [0, 0.05) is 19.2 Å². The molecule has 6 nitrogen and oxygen atoms in total. The van der Waals surface area contributed by atoms with E-state index >= 15 is 0 Å². The van der Waals surface area contributed by atoms with E-state index in [9.17, 15) is 9.59 Å². The molecule has 2 aliphatic heterocycles. The average Bonchev–Trinajstić information content (AvgIpc) is 2.47. The second-order valence-electron chi connectivity index (χ2n) is 3.98. The van der Waals surface area contributed by atoms with Gasteiger partial charge in [0.1, 0.15) is 6.04 Å². The third-order valence-electron chi connectivity index (χ3n) is 3.01. The zero-order valence-corrected chi connectivity index (χ0v) is 8.39. The Labute approximate surface area is 87.5 Å². The van der Waals surface area contributed by atoms with Crippen LogP contribution in [0.5, 0.6) is 0 Å². The Kier molecular flexibility index (Phi) is 2.62. The summed E-state index contributed by atoms with van der Waals surface area (Å²) in [7, 11) is 0. The average molecular weight is 213 g/mol. The smallest absolute Gasteiger partial charge is 0.254 e. The number of hydrogen-bond acceptors (Lipinski definition) is 4. The Hall–Kier alpha value is -1.14. The van der Waals surface area contributed by atoms with E-state index in [-0.39, 0.29) is 11.9 Å². The highest BCUT2D eigenvalue weighted by Crippen LogP contribution is 2.22. The zero-order chi connectivity index (χ0) is 11.0. The molecule has 2 rings (SSSR count). The predicted molar refractivity (Wildman–Crippen MR) is 51.6 cm³/mol. The van der Waals surface area contributed by atoms with E-state index in [1.807, 2.05) is 0 Å². The van der Waals surface area contributed by atoms with Gasteiger partial charge in [0.15, 0.2) is 6.10 Å². The molecule has 0 spiro atoms. The van der Waals surface area contributed by atoms with E-state index in [0.717, 1.165) is 0 Å². The number of likely N-dealkylation sites (tertiary alicyclic amines) is 1. The fourth-order valence-electron chi connectivity index (χ4n) is 1.97. The summed E-state index contributed by atoms with van der Waals surface area (Å²) in [6.07, 6.45) is 0.737. The van der Waals surface area contributed by atoms with E-state index in [2.05, 4.69) is 0 Å². The lowest BCUT2D eigenvalue weighted by molar-refractivity contribution is -0.154. The van der Waals surface area contributed by atoms with Crippen LogP contribution in [-0.2, 0) is 14.3 Å². The first-order valence-electron chi connectivity index (χ1n) is 5.08. The van der Waals surface area contributed by atoms with Crippen LogP contribution in [0.1, 0.15) is 12.8 Å². The molecule has 0 bridgehead atoms. The Balaban J connectivity index is 1.99. The molecule has 84 valence electrons. The molecule has 2 amide bonds. The number of amides is 2. The van der Waals surface area contributed by atoms with Gasteiger partial charge in [-0.1, -0.05) is 0 Å². The first-order chi connectivity index (χ1) is 7.11. The van der Waals surface area contributed by atoms with Crippen LogP contribution in [0.4, 0.5) is 0 Å². The van der Waals surface area contributed by atoms with Crippen molar-refractivity contribution in [3.05, 3.63) is 0 Å². The minimum Gasteiger partial charge on any atom is -0.368 e. The Bertz CT molecular complexity index is 294. The van der Waals surface area contributed by atoms with Crippen LogP contribution in [0.15, 0.2) is 0 Å². The van der Waals surface area contributed by atoms with Crippen LogP contribution in [0, 0.1) is 0 Å². The summed E-state index contributed by atoms with van der Waals surface area (Å²) in [4.78, 5) is 24.3. The second kappa shape index (κ2) is 3.79. The summed E-state index contributed by atoms with van der Waals surface area (Å²) in [5, 5.41) is 0. The highest BCUT2D eigenvalue weighted by molar-refractivity contribution is 5.90. The molecule has 0 aromatic rings. The third-order valence-corrected chi connectivity index (χ3v) is 3.01. The van der Waals surface area contributed by atoms with Crippen LogP contribution in [0.3, 0.4) is 0 Å². The maximum atomic E-state index is 11.9. The Morgan fingerprint density at radius 1 is 1.33 bits per heavy atom. The summed E-state index contributed by atoms with van der Waals surface area (Å²) in [5.41, 5.74) is 10.9. The second-order valence-corrected chi connectivity index (χ2v) is 3.98. The molecule has 15 heavy (non-hydrogen) atoms. The maximum Gasteiger partial charge on any atom is 0.254 e. The number of primary amides is 1. The molecule has 3 unspecified atom stereocenters. The molecular weight excluding hydrogens is 198 g/mol. The molecule has 0 aromatic heterocycles. The number of nitrogens with two attached hydrogens (primary N) is 2. The molecule has 0 saturated carbocycles. The van der Waals surface area contributed by atoms with Gasteiger partial charge >= 0.3 is 0 Å². The van der Waals surface area contributed by atoms with Crippen molar-refractivity contribution in [3.8, 4) is 0 Å². The number of carbonyl (C=O) groups excluding carboxylic acids is 2. The molecule has 2 fully saturated rings. The predicted octanol–water partition coefficient (Wildman–Crippen LogP) is -1.81. The van der Waals surface area contributed by atoms with Gasteiger partial charge in [0.2, 0.25) is 5.91 Å². The normalized spacial score (nSPS) is 35.0. The molecule has 0 aromatic carbocycles. The van der Waals surface area contributed by atoms with Crippen molar-refractivity contribution in [2.45, 2.75) is 31.0 Å². The molecule has 6 heteroatoms. The highest BCUT2D eigenvalue weighted by atomic mass is 16.5. The summed E-state index contributed by atoms with van der Waals surface area (Å²) < 4.78 is 5.24. The maximum absolute atomic E-state index is 11.9. The fourth-order valence-corrected chi connectivity index (χ4v) is 1.97. The van der Waals surface area contributed by atoms with Crippen LogP contribution in [0.25, 0.3) is 0 Å². The Morgan fingerprint density at radius 3 is 2.47 bits per heavy atom. The van der Waals surface area contributed by atoms with E-state index < -0.39 is 18.1 Å². The van der Waals surface area contributed by atoms with Crippen LogP contribution < -0.4 is 11.5 Å². The van der Waals surface area contributed by atoms with E-state index in [4.69, 9.17) is 16.2 Å². The lowest BCUT2D eigenvalue weighted by Gasteiger charge is -2.40. The van der Waals surface area contributed by atoms with Gasteiger partial charge in [0.05, 0.1) is 0 Å². The van der Waals surface area contributed by atoms with Gasteiger partial charge in [-0.25, -0.2) is 0 Å².